The van der Waals surface area contributed by atoms with Crippen LogP contribution in [0, 0.1) is 10.1 Å². The van der Waals surface area contributed by atoms with Gasteiger partial charge < -0.3 is 4.52 Å². The molecule has 0 radical (unpaired) electrons. The summed E-state index contributed by atoms with van der Waals surface area (Å²) in [6, 6.07) is 5.94. The van der Waals surface area contributed by atoms with Crippen LogP contribution in [0.25, 0.3) is 0 Å². The van der Waals surface area contributed by atoms with Gasteiger partial charge in [0.15, 0.2) is 0 Å². The fourth-order valence-electron chi connectivity index (χ4n) is 1.41. The Balaban J connectivity index is 2.62. The smallest absolute Gasteiger partial charge is 0.301 e. The van der Waals surface area contributed by atoms with Crippen molar-refractivity contribution >= 4 is 45.2 Å². The molecule has 21 heavy (non-hydrogen) atoms. The van der Waals surface area contributed by atoms with E-state index in [1.54, 1.807) is 12.1 Å². The highest BCUT2D eigenvalue weighted by Gasteiger charge is 2.21. The lowest BCUT2D eigenvalue weighted by Crippen LogP contribution is -2.26. The van der Waals surface area contributed by atoms with E-state index in [2.05, 4.69) is 42.0 Å². The number of non-ortho nitro benzene ring substituents is 1. The van der Waals surface area contributed by atoms with Gasteiger partial charge in [0.05, 0.1) is 11.5 Å². The normalized spacial score (nSPS) is 11.5. The molecule has 1 aromatic rings. The van der Waals surface area contributed by atoms with Gasteiger partial charge in [0, 0.05) is 35.9 Å². The first kappa shape index (κ1) is 18.7. The number of benzene rings is 1. The van der Waals surface area contributed by atoms with E-state index in [0.717, 1.165) is 0 Å². The van der Waals surface area contributed by atoms with Gasteiger partial charge in [0.25, 0.3) is 5.69 Å². The number of nitrogens with one attached hydrogen (secondary N) is 2. The minimum absolute atomic E-state index is 0.0109. The van der Waals surface area contributed by atoms with E-state index in [9.17, 15) is 14.7 Å². The van der Waals surface area contributed by atoms with Crippen LogP contribution in [0.1, 0.15) is 5.56 Å². The molecule has 7 nitrogen and oxygen atoms in total. The third kappa shape index (κ3) is 6.99. The van der Waals surface area contributed by atoms with Crippen LogP contribution in [-0.2, 0) is 15.7 Å². The molecule has 1 aromatic carbocycles. The van der Waals surface area contributed by atoms with E-state index in [0.29, 0.717) is 29.3 Å². The van der Waals surface area contributed by atoms with Gasteiger partial charge in [-0.1, -0.05) is 31.9 Å². The molecule has 0 unspecified atom stereocenters. The average molecular weight is 445 g/mol. The zero-order valence-corrected chi connectivity index (χ0v) is 15.2. The van der Waals surface area contributed by atoms with Gasteiger partial charge in [0.1, 0.15) is 0 Å². The third-order valence-electron chi connectivity index (χ3n) is 2.39. The molecule has 0 aliphatic carbocycles. The molecule has 0 amide bonds. The first-order valence-corrected chi connectivity index (χ1v) is 9.97. The van der Waals surface area contributed by atoms with Crippen LogP contribution in [0.2, 0.25) is 0 Å². The van der Waals surface area contributed by atoms with E-state index in [-0.39, 0.29) is 12.3 Å². The summed E-state index contributed by atoms with van der Waals surface area (Å²) in [5.41, 5.74) is 0.721. The average Bonchev–Trinajstić information content (AvgIpc) is 2.49. The number of nitro groups is 1. The standard InChI is InChI=1S/C11H16Br2N3O4P/c12-5-7-14-21(19,15-8-6-13)20-9-10-1-3-11(4-2-10)16(17)18/h1-4H,5-9H2,(H2,14,15,19). The first-order chi connectivity index (χ1) is 10.0. The highest BCUT2D eigenvalue weighted by Crippen LogP contribution is 2.38. The van der Waals surface area contributed by atoms with Gasteiger partial charge in [-0.3, -0.25) is 14.7 Å². The zero-order valence-electron chi connectivity index (χ0n) is 11.1. The Bertz CT molecular complexity index is 489. The molecule has 0 aromatic heterocycles. The molecule has 0 fully saturated rings. The maximum Gasteiger partial charge on any atom is 0.341 e. The van der Waals surface area contributed by atoms with Crippen molar-refractivity contribution in [2.24, 2.45) is 0 Å². The maximum atomic E-state index is 12.5. The summed E-state index contributed by atoms with van der Waals surface area (Å²) in [5.74, 6) is 0. The number of hydrogen-bond donors (Lipinski definition) is 2. The molecular formula is C11H16Br2N3O4P. The van der Waals surface area contributed by atoms with Crippen molar-refractivity contribution in [2.75, 3.05) is 23.7 Å². The van der Waals surface area contributed by atoms with E-state index < -0.39 is 12.6 Å². The molecule has 10 heteroatoms. The summed E-state index contributed by atoms with van der Waals surface area (Å²) in [4.78, 5) is 10.1. The molecule has 0 bridgehead atoms. The van der Waals surface area contributed by atoms with Gasteiger partial charge >= 0.3 is 7.67 Å². The molecule has 0 saturated carbocycles. The van der Waals surface area contributed by atoms with Gasteiger partial charge in [-0.05, 0) is 17.7 Å². The maximum absolute atomic E-state index is 12.5. The SMILES string of the molecule is O=[N+]([O-])c1ccc(COP(=O)(NCCBr)NCCBr)cc1. The monoisotopic (exact) mass is 443 g/mol. The summed E-state index contributed by atoms with van der Waals surface area (Å²) in [5, 5.41) is 17.5. The second kappa shape index (κ2) is 9.66. The summed E-state index contributed by atoms with van der Waals surface area (Å²) < 4.78 is 17.9. The molecule has 118 valence electrons. The van der Waals surface area contributed by atoms with E-state index in [1.165, 1.54) is 12.1 Å². The molecule has 1 rings (SSSR count). The van der Waals surface area contributed by atoms with Crippen molar-refractivity contribution in [1.29, 1.82) is 0 Å². The topological polar surface area (TPSA) is 93.5 Å². The van der Waals surface area contributed by atoms with Crippen LogP contribution < -0.4 is 10.2 Å². The predicted octanol–water partition coefficient (Wildman–Crippen LogP) is 3.19. The third-order valence-corrected chi connectivity index (χ3v) is 4.95. The van der Waals surface area contributed by atoms with Crippen molar-refractivity contribution in [3.8, 4) is 0 Å². The molecule has 0 aliphatic rings. The van der Waals surface area contributed by atoms with Crippen molar-refractivity contribution in [2.45, 2.75) is 6.61 Å². The summed E-state index contributed by atoms with van der Waals surface area (Å²) in [6.07, 6.45) is 0. The molecular weight excluding hydrogens is 429 g/mol. The zero-order chi connectivity index (χ0) is 15.7. The van der Waals surface area contributed by atoms with Gasteiger partial charge in [0.2, 0.25) is 0 Å². The Hall–Kier alpha value is -0.310. The Morgan fingerprint density at radius 1 is 1.14 bits per heavy atom. The van der Waals surface area contributed by atoms with Crippen molar-refractivity contribution in [3.63, 3.8) is 0 Å². The predicted molar refractivity (Wildman–Crippen MR) is 89.1 cm³/mol. The lowest BCUT2D eigenvalue weighted by Gasteiger charge is -2.19. The van der Waals surface area contributed by atoms with Gasteiger partial charge in [-0.2, -0.15) is 0 Å². The molecule has 0 heterocycles. The number of rotatable bonds is 10. The van der Waals surface area contributed by atoms with E-state index >= 15 is 0 Å². The highest BCUT2D eigenvalue weighted by atomic mass is 79.9. The molecule has 2 N–H and O–H groups in total. The first-order valence-electron chi connectivity index (χ1n) is 6.11. The van der Waals surface area contributed by atoms with Crippen LogP contribution in [-0.4, -0.2) is 28.7 Å². The lowest BCUT2D eigenvalue weighted by molar-refractivity contribution is -0.384. The number of nitrogens with zero attached hydrogens (tertiary/aromatic N) is 1. The van der Waals surface area contributed by atoms with Gasteiger partial charge in [-0.15, -0.1) is 0 Å². The quantitative estimate of drug-likeness (QED) is 0.249. The Morgan fingerprint density at radius 3 is 2.10 bits per heavy atom. The van der Waals surface area contributed by atoms with Crippen LogP contribution in [0.5, 0.6) is 0 Å². The Labute approximate surface area is 139 Å². The largest absolute Gasteiger partial charge is 0.341 e. The number of nitro benzene ring substituents is 1. The van der Waals surface area contributed by atoms with Crippen LogP contribution in [0.3, 0.4) is 0 Å². The number of halogens is 2. The Kier molecular flexibility index (Phi) is 8.62. The second-order valence-electron chi connectivity index (χ2n) is 3.94. The molecule has 0 atom stereocenters. The minimum Gasteiger partial charge on any atom is -0.301 e. The number of hydrogen-bond acceptors (Lipinski definition) is 4. The lowest BCUT2D eigenvalue weighted by atomic mass is 10.2. The van der Waals surface area contributed by atoms with Gasteiger partial charge in [-0.25, -0.2) is 10.2 Å². The van der Waals surface area contributed by atoms with Crippen LogP contribution in [0.15, 0.2) is 24.3 Å². The minimum atomic E-state index is -3.14. The second-order valence-corrected chi connectivity index (χ2v) is 7.52. The molecule has 0 aliphatic heterocycles. The molecule has 0 spiro atoms. The van der Waals surface area contributed by atoms with Crippen molar-refractivity contribution < 1.29 is 14.0 Å². The summed E-state index contributed by atoms with van der Waals surface area (Å²) >= 11 is 6.50. The number of alkyl halides is 2. The highest BCUT2D eigenvalue weighted by molar-refractivity contribution is 9.09. The summed E-state index contributed by atoms with van der Waals surface area (Å²) in [6.45, 7) is 1.08. The Morgan fingerprint density at radius 2 is 1.67 bits per heavy atom. The van der Waals surface area contributed by atoms with E-state index in [4.69, 9.17) is 4.52 Å². The summed E-state index contributed by atoms with van der Waals surface area (Å²) in [7, 11) is -3.14. The van der Waals surface area contributed by atoms with Crippen molar-refractivity contribution in [3.05, 3.63) is 39.9 Å². The van der Waals surface area contributed by atoms with Crippen molar-refractivity contribution in [1.82, 2.24) is 10.2 Å². The molecule has 0 saturated heterocycles. The fraction of sp³-hybridized carbons (Fsp3) is 0.455. The van der Waals surface area contributed by atoms with Crippen LogP contribution >= 0.6 is 39.5 Å². The fourth-order valence-corrected chi connectivity index (χ4v) is 3.85. The van der Waals surface area contributed by atoms with Crippen LogP contribution in [0.4, 0.5) is 5.69 Å². The van der Waals surface area contributed by atoms with E-state index in [1.807, 2.05) is 0 Å².